The molecule has 0 saturated heterocycles. The quantitative estimate of drug-likeness (QED) is 0.106. The third-order valence-electron chi connectivity index (χ3n) is 6.30. The van der Waals surface area contributed by atoms with Crippen molar-refractivity contribution in [2.45, 2.75) is 91.1 Å². The summed E-state index contributed by atoms with van der Waals surface area (Å²) in [6.45, 7) is 8.09. The topological polar surface area (TPSA) is 81.4 Å². The Bertz CT molecular complexity index is 646. The van der Waals surface area contributed by atoms with E-state index in [9.17, 15) is 10.1 Å². The molecular weight excluding hydrogens is 408 g/mol. The van der Waals surface area contributed by atoms with Crippen LogP contribution in [0.15, 0.2) is 6.20 Å². The molecule has 0 spiro atoms. The fourth-order valence-corrected chi connectivity index (χ4v) is 4.09. The first-order chi connectivity index (χ1) is 15.3. The maximum absolute atomic E-state index is 11.2. The lowest BCUT2D eigenvalue weighted by atomic mass is 10.1. The number of ether oxygens (including phenoxy) is 1. The number of nitro groups is 1. The first-order valence-electron chi connectivity index (χ1n) is 12.6. The number of aromatic nitrogens is 2. The van der Waals surface area contributed by atoms with Gasteiger partial charge >= 0.3 is 5.82 Å². The summed E-state index contributed by atoms with van der Waals surface area (Å²) in [6, 6.07) is 0. The second kappa shape index (κ2) is 16.2. The van der Waals surface area contributed by atoms with Crippen LogP contribution in [-0.4, -0.2) is 66.1 Å². The normalized spacial score (nSPS) is 11.9. The molecule has 0 saturated carbocycles. The van der Waals surface area contributed by atoms with Gasteiger partial charge in [0.15, 0.2) is 6.20 Å². The summed E-state index contributed by atoms with van der Waals surface area (Å²) in [5, 5.41) is 20.4. The highest BCUT2D eigenvalue weighted by molar-refractivity contribution is 5.14. The molecule has 0 atom stereocenters. The van der Waals surface area contributed by atoms with Crippen LogP contribution in [0.25, 0.3) is 0 Å². The van der Waals surface area contributed by atoms with Crippen molar-refractivity contribution in [3.05, 3.63) is 22.1 Å². The molecule has 0 fully saturated rings. The Morgan fingerprint density at radius 3 is 2.19 bits per heavy atom. The van der Waals surface area contributed by atoms with E-state index in [1.165, 1.54) is 81.5 Å². The van der Waals surface area contributed by atoms with Gasteiger partial charge in [0.05, 0.1) is 40.5 Å². The van der Waals surface area contributed by atoms with Crippen LogP contribution >= 0.6 is 0 Å². The highest BCUT2D eigenvalue weighted by Gasteiger charge is 2.23. The van der Waals surface area contributed by atoms with Gasteiger partial charge in [-0.25, -0.2) is 4.57 Å². The molecule has 8 heteroatoms. The lowest BCUT2D eigenvalue weighted by Gasteiger charge is -2.29. The summed E-state index contributed by atoms with van der Waals surface area (Å²) in [7, 11) is 4.52. The van der Waals surface area contributed by atoms with E-state index in [1.807, 2.05) is 11.5 Å². The standard InChI is InChI=1S/C24H48N4O4/c1-5-6-7-8-9-10-11-12-13-14-17-28(3,4)18-21-32-20-16-25-22-24(27(30)31)26(15-19-29)23(25)2/h22,29H,5-21H2,1-4H3/q+2. The molecular formula is C24H48N4O4+2. The van der Waals surface area contributed by atoms with Crippen molar-refractivity contribution in [2.75, 3.05) is 47.0 Å². The fourth-order valence-electron chi connectivity index (χ4n) is 4.09. The zero-order chi connectivity index (χ0) is 23.8. The van der Waals surface area contributed by atoms with Gasteiger partial charge in [-0.1, -0.05) is 58.3 Å². The van der Waals surface area contributed by atoms with Gasteiger partial charge < -0.3 is 24.4 Å². The molecule has 0 amide bonds. The van der Waals surface area contributed by atoms with E-state index in [1.54, 1.807) is 0 Å². The second-order valence-electron chi connectivity index (χ2n) is 9.54. The zero-order valence-corrected chi connectivity index (χ0v) is 21.1. The number of hydrogen-bond donors (Lipinski definition) is 1. The van der Waals surface area contributed by atoms with Crippen molar-refractivity contribution in [3.8, 4) is 0 Å². The monoisotopic (exact) mass is 456 g/mol. The summed E-state index contributed by atoms with van der Waals surface area (Å²) >= 11 is 0. The van der Waals surface area contributed by atoms with E-state index in [2.05, 4.69) is 21.0 Å². The first kappa shape index (κ1) is 28.5. The van der Waals surface area contributed by atoms with Crippen LogP contribution in [0.1, 0.15) is 77.0 Å². The summed E-state index contributed by atoms with van der Waals surface area (Å²) in [5.41, 5.74) is 0. The van der Waals surface area contributed by atoms with E-state index in [-0.39, 0.29) is 19.0 Å². The van der Waals surface area contributed by atoms with Crippen molar-refractivity contribution >= 4 is 5.82 Å². The maximum atomic E-state index is 11.2. The molecule has 1 rings (SSSR count). The van der Waals surface area contributed by atoms with Crippen LogP contribution in [-0.2, 0) is 17.8 Å². The van der Waals surface area contributed by atoms with Crippen LogP contribution < -0.4 is 4.57 Å². The van der Waals surface area contributed by atoms with Crippen molar-refractivity contribution in [3.63, 3.8) is 0 Å². The average molecular weight is 457 g/mol. The van der Waals surface area contributed by atoms with Gasteiger partial charge in [0.25, 0.3) is 5.82 Å². The molecule has 32 heavy (non-hydrogen) atoms. The number of nitrogens with zero attached hydrogens (tertiary/aromatic N) is 4. The molecule has 0 bridgehead atoms. The van der Waals surface area contributed by atoms with Crippen molar-refractivity contribution in [1.29, 1.82) is 0 Å². The molecule has 0 aliphatic heterocycles. The largest absolute Gasteiger partial charge is 0.392 e. The summed E-state index contributed by atoms with van der Waals surface area (Å²) in [6.07, 6.45) is 15.1. The van der Waals surface area contributed by atoms with Gasteiger partial charge in [0.2, 0.25) is 0 Å². The smallest absolute Gasteiger partial charge is 0.365 e. The van der Waals surface area contributed by atoms with Gasteiger partial charge in [-0.15, -0.1) is 0 Å². The highest BCUT2D eigenvalue weighted by Crippen LogP contribution is 2.13. The molecule has 186 valence electrons. The first-order valence-corrected chi connectivity index (χ1v) is 12.6. The van der Waals surface area contributed by atoms with Crippen LogP contribution in [0.2, 0.25) is 0 Å². The Kier molecular flexibility index (Phi) is 14.4. The molecule has 0 aromatic carbocycles. The number of rotatable bonds is 20. The molecule has 1 N–H and O–H groups in total. The van der Waals surface area contributed by atoms with Crippen LogP contribution in [0.4, 0.5) is 5.82 Å². The van der Waals surface area contributed by atoms with Crippen LogP contribution in [0, 0.1) is 17.0 Å². The molecule has 8 nitrogen and oxygen atoms in total. The van der Waals surface area contributed by atoms with Gasteiger partial charge in [0.1, 0.15) is 19.6 Å². The number of aliphatic hydroxyl groups is 1. The van der Waals surface area contributed by atoms with Gasteiger partial charge in [0, 0.05) is 6.92 Å². The number of likely N-dealkylation sites (N-methyl/N-ethyl adjacent to an activating group) is 1. The van der Waals surface area contributed by atoms with E-state index in [0.29, 0.717) is 19.8 Å². The lowest BCUT2D eigenvalue weighted by molar-refractivity contribution is -0.891. The molecule has 0 unspecified atom stereocenters. The minimum atomic E-state index is -0.409. The van der Waals surface area contributed by atoms with E-state index in [4.69, 9.17) is 9.84 Å². The van der Waals surface area contributed by atoms with Crippen molar-refractivity contribution in [1.82, 2.24) is 4.57 Å². The van der Waals surface area contributed by atoms with E-state index >= 15 is 0 Å². The van der Waals surface area contributed by atoms with Gasteiger partial charge in [-0.2, -0.15) is 4.57 Å². The lowest BCUT2D eigenvalue weighted by Crippen LogP contribution is -2.43. The van der Waals surface area contributed by atoms with Crippen molar-refractivity contribution < 1.29 is 23.8 Å². The zero-order valence-electron chi connectivity index (χ0n) is 21.1. The SMILES string of the molecule is CCCCCCCCCCCC[N+](C)(C)CCOCC[n+]1cc([N+](=O)[O-])n(CCO)c1C. The number of hydrogen-bond acceptors (Lipinski definition) is 4. The predicted octanol–water partition coefficient (Wildman–Crippen LogP) is 4.00. The average Bonchev–Trinajstić information content (AvgIpc) is 3.05. The second-order valence-corrected chi connectivity index (χ2v) is 9.54. The van der Waals surface area contributed by atoms with Crippen molar-refractivity contribution in [2.24, 2.45) is 0 Å². The van der Waals surface area contributed by atoms with Crippen LogP contribution in [0.3, 0.4) is 0 Å². The highest BCUT2D eigenvalue weighted by atomic mass is 16.6. The number of imidazole rings is 1. The number of unbranched alkanes of at least 4 members (excludes halogenated alkanes) is 9. The van der Waals surface area contributed by atoms with Gasteiger partial charge in [-0.3, -0.25) is 0 Å². The fraction of sp³-hybridized carbons (Fsp3) is 0.875. The molecule has 1 heterocycles. The van der Waals surface area contributed by atoms with E-state index in [0.717, 1.165) is 16.9 Å². The Balaban J connectivity index is 2.16. The minimum absolute atomic E-state index is 0.00541. The minimum Gasteiger partial charge on any atom is -0.392 e. The third-order valence-corrected chi connectivity index (χ3v) is 6.30. The molecule has 1 aromatic heterocycles. The predicted molar refractivity (Wildman–Crippen MR) is 128 cm³/mol. The molecule has 0 aliphatic carbocycles. The molecule has 0 radical (unpaired) electrons. The number of quaternary nitrogens is 1. The Hall–Kier alpha value is -1.51. The maximum Gasteiger partial charge on any atom is 0.365 e. The Morgan fingerprint density at radius 1 is 1.03 bits per heavy atom. The van der Waals surface area contributed by atoms with Crippen LogP contribution in [0.5, 0.6) is 0 Å². The molecule has 0 aliphatic rings. The summed E-state index contributed by atoms with van der Waals surface area (Å²) in [5.74, 6) is 0.761. The summed E-state index contributed by atoms with van der Waals surface area (Å²) in [4.78, 5) is 10.8. The number of aliphatic hydroxyl groups excluding tert-OH is 1. The summed E-state index contributed by atoms with van der Waals surface area (Å²) < 4.78 is 10.2. The van der Waals surface area contributed by atoms with E-state index < -0.39 is 4.92 Å². The Morgan fingerprint density at radius 2 is 1.62 bits per heavy atom. The third kappa shape index (κ3) is 11.4. The molecule has 1 aromatic rings. The van der Waals surface area contributed by atoms with Gasteiger partial charge in [-0.05, 0) is 17.8 Å². The Labute approximate surface area is 194 Å².